The highest BCUT2D eigenvalue weighted by molar-refractivity contribution is 5.68. The molecule has 1 aromatic rings. The SMILES string of the molecule is CCCOc1ccc(C(C#N)CC(=O)O)cc1. The number of ether oxygens (including phenoxy) is 1. The molecule has 0 fully saturated rings. The molecular weight excluding hydrogens is 218 g/mol. The Morgan fingerprint density at radius 3 is 2.59 bits per heavy atom. The Labute approximate surface area is 100 Å². The molecule has 90 valence electrons. The van der Waals surface area contributed by atoms with Crippen molar-refractivity contribution in [3.63, 3.8) is 0 Å². The van der Waals surface area contributed by atoms with Crippen LogP contribution in [0.5, 0.6) is 5.75 Å². The van der Waals surface area contributed by atoms with E-state index in [9.17, 15) is 4.79 Å². The summed E-state index contributed by atoms with van der Waals surface area (Å²) in [5, 5.41) is 17.6. The summed E-state index contributed by atoms with van der Waals surface area (Å²) in [6.45, 7) is 2.67. The van der Waals surface area contributed by atoms with Gasteiger partial charge in [-0.05, 0) is 24.1 Å². The van der Waals surface area contributed by atoms with Crippen molar-refractivity contribution in [2.24, 2.45) is 0 Å². The minimum Gasteiger partial charge on any atom is -0.494 e. The Balaban J connectivity index is 2.71. The van der Waals surface area contributed by atoms with Gasteiger partial charge in [-0.2, -0.15) is 5.26 Å². The minimum atomic E-state index is -0.970. The van der Waals surface area contributed by atoms with Gasteiger partial charge in [-0.15, -0.1) is 0 Å². The zero-order valence-electron chi connectivity index (χ0n) is 9.72. The van der Waals surface area contributed by atoms with Crippen molar-refractivity contribution in [2.45, 2.75) is 25.7 Å². The average Bonchev–Trinajstić information content (AvgIpc) is 2.34. The third-order valence-electron chi connectivity index (χ3n) is 2.29. The Morgan fingerprint density at radius 1 is 1.47 bits per heavy atom. The lowest BCUT2D eigenvalue weighted by atomic mass is 9.97. The summed E-state index contributed by atoms with van der Waals surface area (Å²) in [6, 6.07) is 8.99. The van der Waals surface area contributed by atoms with Gasteiger partial charge >= 0.3 is 5.97 Å². The van der Waals surface area contributed by atoms with Gasteiger partial charge in [-0.25, -0.2) is 0 Å². The molecule has 0 aromatic heterocycles. The van der Waals surface area contributed by atoms with Crippen LogP contribution in [0.15, 0.2) is 24.3 Å². The number of benzene rings is 1. The fourth-order valence-corrected chi connectivity index (χ4v) is 1.43. The molecule has 0 amide bonds. The van der Waals surface area contributed by atoms with E-state index in [1.54, 1.807) is 24.3 Å². The molecule has 17 heavy (non-hydrogen) atoms. The molecule has 0 saturated heterocycles. The van der Waals surface area contributed by atoms with E-state index in [2.05, 4.69) is 0 Å². The summed E-state index contributed by atoms with van der Waals surface area (Å²) in [4.78, 5) is 10.6. The third-order valence-corrected chi connectivity index (χ3v) is 2.29. The lowest BCUT2D eigenvalue weighted by molar-refractivity contribution is -0.137. The van der Waals surface area contributed by atoms with Crippen LogP contribution in [0.2, 0.25) is 0 Å². The lowest BCUT2D eigenvalue weighted by Gasteiger charge is -2.08. The van der Waals surface area contributed by atoms with Crippen LogP contribution >= 0.6 is 0 Å². The largest absolute Gasteiger partial charge is 0.494 e. The molecule has 0 aliphatic carbocycles. The standard InChI is InChI=1S/C13H15NO3/c1-2-7-17-12-5-3-10(4-6-12)11(9-14)8-13(15)16/h3-6,11H,2,7-8H2,1H3,(H,15,16). The van der Waals surface area contributed by atoms with Crippen LogP contribution in [0, 0.1) is 11.3 Å². The van der Waals surface area contributed by atoms with Crippen LogP contribution < -0.4 is 4.74 Å². The molecule has 4 nitrogen and oxygen atoms in total. The van der Waals surface area contributed by atoms with Crippen molar-refractivity contribution >= 4 is 5.97 Å². The molecule has 0 aliphatic rings. The van der Waals surface area contributed by atoms with Crippen molar-refractivity contribution in [2.75, 3.05) is 6.61 Å². The lowest BCUT2D eigenvalue weighted by Crippen LogP contribution is -2.04. The highest BCUT2D eigenvalue weighted by Gasteiger charge is 2.14. The number of carboxylic acid groups (broad SMARTS) is 1. The fraction of sp³-hybridized carbons (Fsp3) is 0.385. The maximum Gasteiger partial charge on any atom is 0.305 e. The van der Waals surface area contributed by atoms with Crippen LogP contribution in [-0.4, -0.2) is 17.7 Å². The summed E-state index contributed by atoms with van der Waals surface area (Å²) in [5.41, 5.74) is 0.707. The molecule has 0 radical (unpaired) electrons. The number of nitriles is 1. The zero-order chi connectivity index (χ0) is 12.7. The monoisotopic (exact) mass is 233 g/mol. The average molecular weight is 233 g/mol. The van der Waals surface area contributed by atoms with Gasteiger partial charge in [-0.3, -0.25) is 4.79 Å². The number of rotatable bonds is 6. The second-order valence-corrected chi connectivity index (χ2v) is 3.70. The first kappa shape index (κ1) is 13.0. The van der Waals surface area contributed by atoms with Crippen molar-refractivity contribution in [3.05, 3.63) is 29.8 Å². The number of nitrogens with zero attached hydrogens (tertiary/aromatic N) is 1. The first-order valence-corrected chi connectivity index (χ1v) is 5.51. The van der Waals surface area contributed by atoms with Gasteiger partial charge in [-0.1, -0.05) is 19.1 Å². The van der Waals surface area contributed by atoms with E-state index in [1.165, 1.54) is 0 Å². The minimum absolute atomic E-state index is 0.175. The number of hydrogen-bond acceptors (Lipinski definition) is 3. The summed E-state index contributed by atoms with van der Waals surface area (Å²) in [7, 11) is 0. The normalized spacial score (nSPS) is 11.5. The number of carbonyl (C=O) groups is 1. The Hall–Kier alpha value is -2.02. The number of hydrogen-bond donors (Lipinski definition) is 1. The van der Waals surface area contributed by atoms with Crippen LogP contribution in [0.1, 0.15) is 31.2 Å². The van der Waals surface area contributed by atoms with E-state index < -0.39 is 11.9 Å². The summed E-state index contributed by atoms with van der Waals surface area (Å²) in [5.74, 6) is -0.835. The van der Waals surface area contributed by atoms with Crippen molar-refractivity contribution < 1.29 is 14.6 Å². The van der Waals surface area contributed by atoms with E-state index in [0.717, 1.165) is 12.2 Å². The third kappa shape index (κ3) is 4.15. The van der Waals surface area contributed by atoms with Gasteiger partial charge in [0.25, 0.3) is 0 Å². The van der Waals surface area contributed by atoms with E-state index >= 15 is 0 Å². The van der Waals surface area contributed by atoms with Gasteiger partial charge in [0.2, 0.25) is 0 Å². The molecule has 0 saturated carbocycles. The quantitative estimate of drug-likeness (QED) is 0.819. The van der Waals surface area contributed by atoms with Crippen LogP contribution in [0.4, 0.5) is 0 Å². The predicted octanol–water partition coefficient (Wildman–Crippen LogP) is 2.56. The molecule has 1 atom stereocenters. The molecule has 0 spiro atoms. The highest BCUT2D eigenvalue weighted by atomic mass is 16.5. The Bertz CT molecular complexity index is 406. The van der Waals surface area contributed by atoms with Crippen molar-refractivity contribution in [3.8, 4) is 11.8 Å². The van der Waals surface area contributed by atoms with Crippen molar-refractivity contribution in [1.82, 2.24) is 0 Å². The van der Waals surface area contributed by atoms with Crippen LogP contribution in [0.25, 0.3) is 0 Å². The van der Waals surface area contributed by atoms with Gasteiger partial charge in [0.15, 0.2) is 0 Å². The zero-order valence-corrected chi connectivity index (χ0v) is 9.72. The summed E-state index contributed by atoms with van der Waals surface area (Å²) < 4.78 is 5.41. The molecule has 1 aromatic carbocycles. The molecule has 0 aliphatic heterocycles. The maximum absolute atomic E-state index is 10.6. The molecular formula is C13H15NO3. The number of carboxylic acids is 1. The predicted molar refractivity (Wildman–Crippen MR) is 62.8 cm³/mol. The van der Waals surface area contributed by atoms with Crippen LogP contribution in [-0.2, 0) is 4.79 Å². The Kier molecular flexibility index (Phi) is 5.02. The van der Waals surface area contributed by atoms with Gasteiger partial charge < -0.3 is 9.84 Å². The first-order chi connectivity index (χ1) is 8.17. The van der Waals surface area contributed by atoms with Gasteiger partial charge in [0, 0.05) is 0 Å². The summed E-state index contributed by atoms with van der Waals surface area (Å²) in [6.07, 6.45) is 0.757. The second-order valence-electron chi connectivity index (χ2n) is 3.70. The topological polar surface area (TPSA) is 70.3 Å². The molecule has 0 bridgehead atoms. The number of aliphatic carboxylic acids is 1. The Morgan fingerprint density at radius 2 is 2.12 bits per heavy atom. The molecule has 4 heteroatoms. The molecule has 0 heterocycles. The van der Waals surface area contributed by atoms with Crippen LogP contribution in [0.3, 0.4) is 0 Å². The fourth-order valence-electron chi connectivity index (χ4n) is 1.43. The van der Waals surface area contributed by atoms with E-state index in [4.69, 9.17) is 15.1 Å². The molecule has 1 rings (SSSR count). The first-order valence-electron chi connectivity index (χ1n) is 5.51. The summed E-state index contributed by atoms with van der Waals surface area (Å²) >= 11 is 0. The second kappa shape index (κ2) is 6.54. The maximum atomic E-state index is 10.6. The van der Waals surface area contributed by atoms with Gasteiger partial charge in [0.1, 0.15) is 5.75 Å². The van der Waals surface area contributed by atoms with Gasteiger partial charge in [0.05, 0.1) is 25.0 Å². The van der Waals surface area contributed by atoms with E-state index in [1.807, 2.05) is 13.0 Å². The van der Waals surface area contributed by atoms with E-state index in [0.29, 0.717) is 12.2 Å². The molecule has 1 unspecified atom stereocenters. The highest BCUT2D eigenvalue weighted by Crippen LogP contribution is 2.21. The van der Waals surface area contributed by atoms with E-state index in [-0.39, 0.29) is 6.42 Å². The molecule has 1 N–H and O–H groups in total. The van der Waals surface area contributed by atoms with Crippen molar-refractivity contribution in [1.29, 1.82) is 5.26 Å². The smallest absolute Gasteiger partial charge is 0.305 e.